The standard InChI is InChI=1S/C21H17FN2/c1-15-12-18(16(2)24(15)21-6-4-3-5-7-21)13-19(14-23)17-8-10-20(22)11-9-17/h3-13H,1-2H3/b19-13-. The highest BCUT2D eigenvalue weighted by Crippen LogP contribution is 2.25. The van der Waals surface area contributed by atoms with Crippen molar-refractivity contribution in [2.24, 2.45) is 0 Å². The number of halogens is 1. The summed E-state index contributed by atoms with van der Waals surface area (Å²) in [6, 6.07) is 20.4. The minimum Gasteiger partial charge on any atom is -0.318 e. The van der Waals surface area contributed by atoms with Crippen LogP contribution in [0.3, 0.4) is 0 Å². The highest BCUT2D eigenvalue weighted by molar-refractivity contribution is 5.90. The molecular weight excluding hydrogens is 299 g/mol. The molecule has 0 radical (unpaired) electrons. The van der Waals surface area contributed by atoms with Gasteiger partial charge in [0.2, 0.25) is 0 Å². The van der Waals surface area contributed by atoms with Gasteiger partial charge in [0.25, 0.3) is 0 Å². The summed E-state index contributed by atoms with van der Waals surface area (Å²) < 4.78 is 15.2. The van der Waals surface area contributed by atoms with Crippen molar-refractivity contribution in [1.29, 1.82) is 5.26 Å². The van der Waals surface area contributed by atoms with E-state index in [1.807, 2.05) is 38.1 Å². The summed E-state index contributed by atoms with van der Waals surface area (Å²) >= 11 is 0. The average molecular weight is 316 g/mol. The minimum absolute atomic E-state index is 0.307. The van der Waals surface area contributed by atoms with Crippen LogP contribution in [0.1, 0.15) is 22.5 Å². The van der Waals surface area contributed by atoms with Crippen LogP contribution >= 0.6 is 0 Å². The number of rotatable bonds is 3. The molecule has 0 fully saturated rings. The van der Waals surface area contributed by atoms with E-state index < -0.39 is 0 Å². The van der Waals surface area contributed by atoms with Gasteiger partial charge in [-0.2, -0.15) is 5.26 Å². The van der Waals surface area contributed by atoms with Crippen LogP contribution in [0.2, 0.25) is 0 Å². The number of benzene rings is 2. The Morgan fingerprint density at radius 1 is 1.04 bits per heavy atom. The second-order valence-electron chi connectivity index (χ2n) is 5.67. The van der Waals surface area contributed by atoms with Gasteiger partial charge in [0.15, 0.2) is 0 Å². The van der Waals surface area contributed by atoms with Crippen LogP contribution in [-0.2, 0) is 0 Å². The van der Waals surface area contributed by atoms with Gasteiger partial charge in [0.05, 0.1) is 11.6 Å². The lowest BCUT2D eigenvalue weighted by molar-refractivity contribution is 0.627. The predicted octanol–water partition coefficient (Wildman–Crippen LogP) is 5.30. The Kier molecular flexibility index (Phi) is 4.31. The van der Waals surface area contributed by atoms with Crippen molar-refractivity contribution < 1.29 is 4.39 Å². The lowest BCUT2D eigenvalue weighted by atomic mass is 10.0. The van der Waals surface area contributed by atoms with E-state index in [9.17, 15) is 9.65 Å². The fourth-order valence-corrected chi connectivity index (χ4v) is 2.87. The van der Waals surface area contributed by atoms with Crippen molar-refractivity contribution >= 4 is 11.6 Å². The molecule has 0 amide bonds. The zero-order chi connectivity index (χ0) is 17.1. The van der Waals surface area contributed by atoms with Crippen LogP contribution in [0.15, 0.2) is 60.7 Å². The largest absolute Gasteiger partial charge is 0.318 e. The van der Waals surface area contributed by atoms with Crippen LogP contribution in [0.25, 0.3) is 17.3 Å². The zero-order valence-electron chi connectivity index (χ0n) is 13.6. The number of nitrogens with zero attached hydrogens (tertiary/aromatic N) is 2. The monoisotopic (exact) mass is 316 g/mol. The molecule has 2 aromatic carbocycles. The first-order valence-corrected chi connectivity index (χ1v) is 7.72. The van der Waals surface area contributed by atoms with Crippen LogP contribution in [0.4, 0.5) is 4.39 Å². The first-order valence-electron chi connectivity index (χ1n) is 7.72. The van der Waals surface area contributed by atoms with Crippen molar-refractivity contribution in [1.82, 2.24) is 4.57 Å². The van der Waals surface area contributed by atoms with Crippen LogP contribution in [0, 0.1) is 31.0 Å². The summed E-state index contributed by atoms with van der Waals surface area (Å²) in [6.45, 7) is 4.08. The number of nitriles is 1. The van der Waals surface area contributed by atoms with Crippen molar-refractivity contribution in [3.8, 4) is 11.8 Å². The summed E-state index contributed by atoms with van der Waals surface area (Å²) in [5.41, 5.74) is 5.46. The summed E-state index contributed by atoms with van der Waals surface area (Å²) in [5.74, 6) is -0.307. The average Bonchev–Trinajstić information content (AvgIpc) is 2.88. The van der Waals surface area contributed by atoms with Gasteiger partial charge < -0.3 is 4.57 Å². The third kappa shape index (κ3) is 3.00. The van der Waals surface area contributed by atoms with E-state index >= 15 is 0 Å². The van der Waals surface area contributed by atoms with Crippen molar-refractivity contribution in [2.75, 3.05) is 0 Å². The summed E-state index contributed by atoms with van der Waals surface area (Å²) in [6.07, 6.45) is 1.86. The van der Waals surface area contributed by atoms with Gasteiger partial charge in [0, 0.05) is 17.1 Å². The van der Waals surface area contributed by atoms with E-state index in [1.54, 1.807) is 12.1 Å². The maximum absolute atomic E-state index is 13.1. The molecule has 0 N–H and O–H groups in total. The Morgan fingerprint density at radius 3 is 2.33 bits per heavy atom. The molecule has 0 aliphatic rings. The fraction of sp³-hybridized carbons (Fsp3) is 0.0952. The molecule has 0 spiro atoms. The third-order valence-electron chi connectivity index (χ3n) is 4.06. The Hall–Kier alpha value is -3.12. The normalized spacial score (nSPS) is 11.3. The van der Waals surface area contributed by atoms with E-state index in [4.69, 9.17) is 0 Å². The highest BCUT2D eigenvalue weighted by atomic mass is 19.1. The minimum atomic E-state index is -0.307. The molecule has 0 saturated heterocycles. The number of aromatic nitrogens is 1. The van der Waals surface area contributed by atoms with E-state index in [0.29, 0.717) is 11.1 Å². The van der Waals surface area contributed by atoms with E-state index in [1.165, 1.54) is 12.1 Å². The number of hydrogen-bond acceptors (Lipinski definition) is 1. The molecule has 0 aliphatic heterocycles. The number of hydrogen-bond donors (Lipinski definition) is 0. The predicted molar refractivity (Wildman–Crippen MR) is 95.1 cm³/mol. The Morgan fingerprint density at radius 2 is 1.71 bits per heavy atom. The van der Waals surface area contributed by atoms with Gasteiger partial charge in [-0.15, -0.1) is 0 Å². The molecule has 3 heteroatoms. The summed E-state index contributed by atoms with van der Waals surface area (Å²) in [7, 11) is 0. The Labute approximate surface area is 141 Å². The molecule has 24 heavy (non-hydrogen) atoms. The van der Waals surface area contributed by atoms with Crippen molar-refractivity contribution in [2.45, 2.75) is 13.8 Å². The second kappa shape index (κ2) is 6.55. The molecule has 0 saturated carbocycles. The van der Waals surface area contributed by atoms with Crippen molar-refractivity contribution in [3.63, 3.8) is 0 Å². The van der Waals surface area contributed by atoms with Gasteiger partial charge in [-0.05, 0) is 61.4 Å². The number of para-hydroxylation sites is 1. The molecule has 1 heterocycles. The summed E-state index contributed by atoms with van der Waals surface area (Å²) in [4.78, 5) is 0. The molecular formula is C21H17FN2. The SMILES string of the molecule is Cc1cc(/C=C(/C#N)c2ccc(F)cc2)c(C)n1-c1ccccc1. The van der Waals surface area contributed by atoms with Gasteiger partial charge >= 0.3 is 0 Å². The maximum Gasteiger partial charge on any atom is 0.123 e. The van der Waals surface area contributed by atoms with E-state index in [2.05, 4.69) is 28.8 Å². The maximum atomic E-state index is 13.1. The van der Waals surface area contributed by atoms with Gasteiger partial charge in [0.1, 0.15) is 5.82 Å². The zero-order valence-corrected chi connectivity index (χ0v) is 13.6. The van der Waals surface area contributed by atoms with Gasteiger partial charge in [-0.25, -0.2) is 4.39 Å². The van der Waals surface area contributed by atoms with E-state index in [0.717, 1.165) is 22.6 Å². The topological polar surface area (TPSA) is 28.7 Å². The molecule has 1 aromatic heterocycles. The summed E-state index contributed by atoms with van der Waals surface area (Å²) in [5, 5.41) is 9.48. The lowest BCUT2D eigenvalue weighted by Gasteiger charge is -2.09. The molecule has 118 valence electrons. The van der Waals surface area contributed by atoms with Gasteiger partial charge in [-0.1, -0.05) is 30.3 Å². The molecule has 3 rings (SSSR count). The molecule has 2 nitrogen and oxygen atoms in total. The van der Waals surface area contributed by atoms with Crippen molar-refractivity contribution in [3.05, 3.63) is 89.0 Å². The Bertz CT molecular complexity index is 926. The molecule has 0 unspecified atom stereocenters. The molecule has 0 bridgehead atoms. The molecule has 0 aliphatic carbocycles. The third-order valence-corrected chi connectivity index (χ3v) is 4.06. The van der Waals surface area contributed by atoms with Crippen LogP contribution in [-0.4, -0.2) is 4.57 Å². The van der Waals surface area contributed by atoms with Crippen LogP contribution < -0.4 is 0 Å². The highest BCUT2D eigenvalue weighted by Gasteiger charge is 2.10. The Balaban J connectivity index is 2.07. The quantitative estimate of drug-likeness (QED) is 0.603. The first-order chi connectivity index (χ1) is 11.6. The number of aryl methyl sites for hydroxylation is 1. The lowest BCUT2D eigenvalue weighted by Crippen LogP contribution is -1.98. The van der Waals surface area contributed by atoms with Gasteiger partial charge in [-0.3, -0.25) is 0 Å². The molecule has 3 aromatic rings. The number of allylic oxidation sites excluding steroid dienone is 1. The first kappa shape index (κ1) is 15.8. The fourth-order valence-electron chi connectivity index (χ4n) is 2.87. The molecule has 0 atom stereocenters. The second-order valence-corrected chi connectivity index (χ2v) is 5.67. The van der Waals surface area contributed by atoms with Crippen LogP contribution in [0.5, 0.6) is 0 Å². The smallest absolute Gasteiger partial charge is 0.123 e. The van der Waals surface area contributed by atoms with E-state index in [-0.39, 0.29) is 5.82 Å².